The van der Waals surface area contributed by atoms with Gasteiger partial charge in [0.15, 0.2) is 0 Å². The highest BCUT2D eigenvalue weighted by Gasteiger charge is 2.18. The summed E-state index contributed by atoms with van der Waals surface area (Å²) >= 11 is 0. The lowest BCUT2D eigenvalue weighted by Crippen LogP contribution is -2.20. The van der Waals surface area contributed by atoms with Crippen LogP contribution in [0, 0.1) is 11.8 Å². The topological polar surface area (TPSA) is 34.1 Å². The molecule has 0 aromatic carbocycles. The van der Waals surface area contributed by atoms with Crippen LogP contribution in [0.3, 0.4) is 0 Å². The maximum Gasteiger partial charge on any atom is 0.145 e. The predicted octanol–water partition coefficient (Wildman–Crippen LogP) is 1.83. The first kappa shape index (κ1) is 10.3. The number of Topliss-reactive ketones (excluding diaryl/α,β-unsaturated/α-hetero) is 1. The molecular formula is C9H16O2. The summed E-state index contributed by atoms with van der Waals surface area (Å²) in [4.78, 5) is 21.7. The fraction of sp³-hybridized carbons (Fsp3) is 0.778. The summed E-state index contributed by atoms with van der Waals surface area (Å²) in [6.07, 6.45) is 2.36. The van der Waals surface area contributed by atoms with Crippen molar-refractivity contribution in [3.05, 3.63) is 0 Å². The van der Waals surface area contributed by atoms with Crippen molar-refractivity contribution in [2.75, 3.05) is 0 Å². The van der Waals surface area contributed by atoms with Gasteiger partial charge in [-0.1, -0.05) is 27.2 Å². The maximum atomic E-state index is 11.2. The molecule has 0 N–H and O–H groups in total. The van der Waals surface area contributed by atoms with Gasteiger partial charge in [-0.05, 0) is 6.42 Å². The fourth-order valence-corrected chi connectivity index (χ4v) is 1.02. The van der Waals surface area contributed by atoms with E-state index in [-0.39, 0.29) is 17.6 Å². The summed E-state index contributed by atoms with van der Waals surface area (Å²) in [6.45, 7) is 5.63. The molecule has 1 unspecified atom stereocenters. The quantitative estimate of drug-likeness (QED) is 0.449. The van der Waals surface area contributed by atoms with Crippen LogP contribution in [-0.4, -0.2) is 12.1 Å². The number of aldehydes is 1. The lowest BCUT2D eigenvalue weighted by Gasteiger charge is -2.09. The van der Waals surface area contributed by atoms with E-state index in [2.05, 4.69) is 0 Å². The minimum absolute atomic E-state index is 0.0169. The Bertz CT molecular complexity index is 138. The van der Waals surface area contributed by atoms with Crippen LogP contribution < -0.4 is 0 Å². The number of rotatable bonds is 5. The van der Waals surface area contributed by atoms with Crippen molar-refractivity contribution >= 4 is 12.1 Å². The molecule has 0 saturated heterocycles. The van der Waals surface area contributed by atoms with Gasteiger partial charge in [-0.3, -0.25) is 4.79 Å². The van der Waals surface area contributed by atoms with E-state index >= 15 is 0 Å². The molecule has 2 nitrogen and oxygen atoms in total. The zero-order valence-electron chi connectivity index (χ0n) is 7.46. The van der Waals surface area contributed by atoms with E-state index in [1.165, 1.54) is 0 Å². The van der Waals surface area contributed by atoms with E-state index < -0.39 is 0 Å². The van der Waals surface area contributed by atoms with Gasteiger partial charge in [-0.25, -0.2) is 0 Å². The normalized spacial score (nSPS) is 13.1. The summed E-state index contributed by atoms with van der Waals surface area (Å²) in [5, 5.41) is 0. The van der Waals surface area contributed by atoms with Gasteiger partial charge < -0.3 is 4.79 Å². The summed E-state index contributed by atoms with van der Waals surface area (Å²) in [5.74, 6) is -0.307. The molecule has 0 spiro atoms. The Kier molecular flexibility index (Phi) is 4.75. The highest BCUT2D eigenvalue weighted by atomic mass is 16.1. The summed E-state index contributed by atoms with van der Waals surface area (Å²) < 4.78 is 0. The molecule has 0 amide bonds. The van der Waals surface area contributed by atoms with Gasteiger partial charge in [0.1, 0.15) is 12.1 Å². The summed E-state index contributed by atoms with van der Waals surface area (Å²) in [5.41, 5.74) is 0. The lowest BCUT2D eigenvalue weighted by molar-refractivity contribution is -0.130. The molecule has 1 atom stereocenters. The van der Waals surface area contributed by atoms with Crippen LogP contribution in [0.4, 0.5) is 0 Å². The molecule has 11 heavy (non-hydrogen) atoms. The van der Waals surface area contributed by atoms with E-state index in [9.17, 15) is 9.59 Å². The van der Waals surface area contributed by atoms with Crippen molar-refractivity contribution in [1.82, 2.24) is 0 Å². The second kappa shape index (κ2) is 5.05. The van der Waals surface area contributed by atoms with E-state index in [0.717, 1.165) is 12.7 Å². The minimum Gasteiger partial charge on any atom is -0.303 e. The van der Waals surface area contributed by atoms with Gasteiger partial charge in [0.25, 0.3) is 0 Å². The largest absolute Gasteiger partial charge is 0.303 e. The number of ketones is 1. The van der Waals surface area contributed by atoms with E-state index in [4.69, 9.17) is 0 Å². The number of carbonyl (C=O) groups is 2. The van der Waals surface area contributed by atoms with Crippen molar-refractivity contribution in [1.29, 1.82) is 0 Å². The predicted molar refractivity (Wildman–Crippen MR) is 44.3 cm³/mol. The third-order valence-electron chi connectivity index (χ3n) is 1.70. The average molecular weight is 156 g/mol. The van der Waals surface area contributed by atoms with Gasteiger partial charge in [-0.2, -0.15) is 0 Å². The SMILES string of the molecule is CCCC(C=O)C(=O)C(C)C. The smallest absolute Gasteiger partial charge is 0.145 e. The third kappa shape index (κ3) is 3.30. The zero-order chi connectivity index (χ0) is 8.85. The second-order valence-electron chi connectivity index (χ2n) is 3.09. The molecule has 0 aliphatic rings. The monoisotopic (exact) mass is 156 g/mol. The Hall–Kier alpha value is -0.660. The number of hydrogen-bond acceptors (Lipinski definition) is 2. The summed E-state index contributed by atoms with van der Waals surface area (Å²) in [6, 6.07) is 0. The highest BCUT2D eigenvalue weighted by molar-refractivity contribution is 5.94. The lowest BCUT2D eigenvalue weighted by atomic mass is 9.93. The Morgan fingerprint density at radius 3 is 2.27 bits per heavy atom. The van der Waals surface area contributed by atoms with Crippen LogP contribution in [0.5, 0.6) is 0 Å². The van der Waals surface area contributed by atoms with Gasteiger partial charge in [0.2, 0.25) is 0 Å². The standard InChI is InChI=1S/C9H16O2/c1-4-5-8(6-10)9(11)7(2)3/h6-8H,4-5H2,1-3H3. The van der Waals surface area contributed by atoms with E-state index in [0.29, 0.717) is 6.42 Å². The molecule has 0 rings (SSSR count). The molecule has 64 valence electrons. The molecule has 0 aliphatic heterocycles. The molecule has 0 fully saturated rings. The second-order valence-corrected chi connectivity index (χ2v) is 3.09. The minimum atomic E-state index is -0.361. The van der Waals surface area contributed by atoms with Crippen molar-refractivity contribution < 1.29 is 9.59 Å². The molecule has 2 heteroatoms. The number of hydrogen-bond donors (Lipinski definition) is 0. The van der Waals surface area contributed by atoms with Crippen molar-refractivity contribution in [2.24, 2.45) is 11.8 Å². The zero-order valence-corrected chi connectivity index (χ0v) is 7.46. The number of carbonyl (C=O) groups excluding carboxylic acids is 2. The van der Waals surface area contributed by atoms with Crippen LogP contribution in [0.25, 0.3) is 0 Å². The van der Waals surface area contributed by atoms with Crippen LogP contribution in [-0.2, 0) is 9.59 Å². The first-order valence-electron chi connectivity index (χ1n) is 4.12. The van der Waals surface area contributed by atoms with E-state index in [1.54, 1.807) is 0 Å². The molecule has 0 heterocycles. The van der Waals surface area contributed by atoms with Gasteiger partial charge in [0, 0.05) is 5.92 Å². The Balaban J connectivity index is 4.02. The first-order chi connectivity index (χ1) is 5.13. The highest BCUT2D eigenvalue weighted by Crippen LogP contribution is 2.10. The average Bonchev–Trinajstić information content (AvgIpc) is 1.98. The van der Waals surface area contributed by atoms with Crippen molar-refractivity contribution in [3.63, 3.8) is 0 Å². The molecule has 0 radical (unpaired) electrons. The van der Waals surface area contributed by atoms with Crippen LogP contribution in [0.15, 0.2) is 0 Å². The molecule has 0 saturated carbocycles. The first-order valence-corrected chi connectivity index (χ1v) is 4.12. The van der Waals surface area contributed by atoms with Gasteiger partial charge in [-0.15, -0.1) is 0 Å². The fourth-order valence-electron chi connectivity index (χ4n) is 1.02. The van der Waals surface area contributed by atoms with Crippen molar-refractivity contribution in [3.8, 4) is 0 Å². The van der Waals surface area contributed by atoms with Gasteiger partial charge in [0.05, 0.1) is 5.92 Å². The van der Waals surface area contributed by atoms with Crippen LogP contribution in [0.2, 0.25) is 0 Å². The van der Waals surface area contributed by atoms with Crippen LogP contribution in [0.1, 0.15) is 33.6 Å². The molecule has 0 aromatic rings. The van der Waals surface area contributed by atoms with E-state index in [1.807, 2.05) is 20.8 Å². The molecule has 0 aliphatic carbocycles. The van der Waals surface area contributed by atoms with Gasteiger partial charge >= 0.3 is 0 Å². The third-order valence-corrected chi connectivity index (χ3v) is 1.70. The van der Waals surface area contributed by atoms with Crippen LogP contribution >= 0.6 is 0 Å². The maximum absolute atomic E-state index is 11.2. The molecule has 0 bridgehead atoms. The Morgan fingerprint density at radius 2 is 2.00 bits per heavy atom. The summed E-state index contributed by atoms with van der Waals surface area (Å²) in [7, 11) is 0. The Morgan fingerprint density at radius 1 is 1.45 bits per heavy atom. The molecular weight excluding hydrogens is 140 g/mol. The molecule has 0 aromatic heterocycles. The Labute approximate surface area is 68.0 Å². The van der Waals surface area contributed by atoms with Crippen molar-refractivity contribution in [2.45, 2.75) is 33.6 Å².